The molecule has 1 aliphatic rings. The van der Waals surface area contributed by atoms with Crippen LogP contribution in [-0.4, -0.2) is 35.1 Å². The Morgan fingerprint density at radius 2 is 1.93 bits per heavy atom. The molecule has 2 amide bonds. The molecule has 144 valence electrons. The highest BCUT2D eigenvalue weighted by molar-refractivity contribution is 5.74. The van der Waals surface area contributed by atoms with E-state index in [1.807, 2.05) is 38.1 Å². The number of nitrogens with one attached hydrogen (secondary N) is 1. The second-order valence-corrected chi connectivity index (χ2v) is 7.08. The molecule has 1 N–H and O–H groups in total. The normalized spacial score (nSPS) is 14.2. The number of carbonyl (C=O) groups excluding carboxylic acids is 1. The molecule has 0 fully saturated rings. The average Bonchev–Trinajstić information content (AvgIpc) is 2.71. The summed E-state index contributed by atoms with van der Waals surface area (Å²) < 4.78 is 5.19. The van der Waals surface area contributed by atoms with Crippen molar-refractivity contribution in [3.8, 4) is 5.75 Å². The third-order valence-corrected chi connectivity index (χ3v) is 5.33. The van der Waals surface area contributed by atoms with Gasteiger partial charge in [-0.1, -0.05) is 12.1 Å². The van der Waals surface area contributed by atoms with Crippen LogP contribution in [0.5, 0.6) is 5.75 Å². The number of methoxy groups -OCH3 is 1. The zero-order valence-corrected chi connectivity index (χ0v) is 16.6. The Hall–Kier alpha value is -2.63. The number of fused-ring (bicyclic) bond motifs is 1. The molecule has 0 unspecified atom stereocenters. The van der Waals surface area contributed by atoms with Crippen LogP contribution in [0.15, 0.2) is 24.3 Å². The summed E-state index contributed by atoms with van der Waals surface area (Å²) in [6, 6.07) is 7.56. The van der Waals surface area contributed by atoms with E-state index in [9.17, 15) is 4.79 Å². The van der Waals surface area contributed by atoms with E-state index in [0.717, 1.165) is 35.5 Å². The Morgan fingerprint density at radius 3 is 2.63 bits per heavy atom. The Bertz CT molecular complexity index is 805. The highest BCUT2D eigenvalue weighted by Gasteiger charge is 2.19. The Morgan fingerprint density at radius 1 is 1.22 bits per heavy atom. The maximum atomic E-state index is 12.6. The summed E-state index contributed by atoms with van der Waals surface area (Å²) in [6.07, 6.45) is 4.46. The predicted molar refractivity (Wildman–Crippen MR) is 105 cm³/mol. The quantitative estimate of drug-likeness (QED) is 0.876. The minimum Gasteiger partial charge on any atom is -0.497 e. The Kier molecular flexibility index (Phi) is 5.94. The number of hydrogen-bond donors (Lipinski definition) is 1. The lowest BCUT2D eigenvalue weighted by molar-refractivity contribution is 0.193. The average molecular weight is 368 g/mol. The summed E-state index contributed by atoms with van der Waals surface area (Å²) in [4.78, 5) is 23.5. The van der Waals surface area contributed by atoms with Gasteiger partial charge in [0.25, 0.3) is 0 Å². The third kappa shape index (κ3) is 4.38. The van der Waals surface area contributed by atoms with Crippen molar-refractivity contribution in [1.82, 2.24) is 20.2 Å². The first-order chi connectivity index (χ1) is 13.0. The number of rotatable bonds is 5. The first-order valence-electron chi connectivity index (χ1n) is 9.49. The molecule has 1 aromatic carbocycles. The minimum atomic E-state index is -0.141. The Balaban J connectivity index is 1.62. The molecule has 1 aromatic heterocycles. The fourth-order valence-electron chi connectivity index (χ4n) is 3.48. The molecule has 27 heavy (non-hydrogen) atoms. The SMILES string of the molecule is COc1ccc([C@H](C)N(C)C(=O)NCc2nc(C)c3c(n2)CCCC3)cc1. The first-order valence-corrected chi connectivity index (χ1v) is 9.49. The van der Waals surface area contributed by atoms with Crippen molar-refractivity contribution in [2.75, 3.05) is 14.2 Å². The van der Waals surface area contributed by atoms with E-state index in [2.05, 4.69) is 15.3 Å². The van der Waals surface area contributed by atoms with Gasteiger partial charge in [-0.15, -0.1) is 0 Å². The van der Waals surface area contributed by atoms with Crippen LogP contribution in [0.3, 0.4) is 0 Å². The molecule has 6 nitrogen and oxygen atoms in total. The maximum absolute atomic E-state index is 12.6. The molecule has 1 atom stereocenters. The van der Waals surface area contributed by atoms with Crippen molar-refractivity contribution < 1.29 is 9.53 Å². The van der Waals surface area contributed by atoms with E-state index in [-0.39, 0.29) is 12.1 Å². The van der Waals surface area contributed by atoms with Gasteiger partial charge < -0.3 is 15.0 Å². The van der Waals surface area contributed by atoms with Crippen molar-refractivity contribution in [2.45, 2.75) is 52.1 Å². The number of urea groups is 1. The first kappa shape index (κ1) is 19.1. The van der Waals surface area contributed by atoms with Crippen LogP contribution < -0.4 is 10.1 Å². The van der Waals surface area contributed by atoms with E-state index in [4.69, 9.17) is 4.74 Å². The van der Waals surface area contributed by atoms with E-state index >= 15 is 0 Å². The van der Waals surface area contributed by atoms with Gasteiger partial charge in [-0.2, -0.15) is 0 Å². The molecule has 0 bridgehead atoms. The van der Waals surface area contributed by atoms with Crippen LogP contribution in [0.1, 0.15) is 54.1 Å². The number of ether oxygens (including phenoxy) is 1. The second-order valence-electron chi connectivity index (χ2n) is 7.08. The van der Waals surface area contributed by atoms with Crippen molar-refractivity contribution >= 4 is 6.03 Å². The zero-order chi connectivity index (χ0) is 19.4. The van der Waals surface area contributed by atoms with Crippen molar-refractivity contribution in [3.63, 3.8) is 0 Å². The molecule has 2 aromatic rings. The van der Waals surface area contributed by atoms with Crippen LogP contribution in [-0.2, 0) is 19.4 Å². The van der Waals surface area contributed by atoms with Crippen LogP contribution in [0.25, 0.3) is 0 Å². The number of aryl methyl sites for hydroxylation is 2. The van der Waals surface area contributed by atoms with Gasteiger partial charge in [0.15, 0.2) is 0 Å². The van der Waals surface area contributed by atoms with E-state index in [1.54, 1.807) is 19.1 Å². The summed E-state index contributed by atoms with van der Waals surface area (Å²) in [5, 5.41) is 2.94. The van der Waals surface area contributed by atoms with Gasteiger partial charge >= 0.3 is 6.03 Å². The molecule has 0 saturated heterocycles. The fourth-order valence-corrected chi connectivity index (χ4v) is 3.48. The monoisotopic (exact) mass is 368 g/mol. The zero-order valence-electron chi connectivity index (χ0n) is 16.6. The molecule has 1 aliphatic carbocycles. The minimum absolute atomic E-state index is 0.0536. The Labute approximate surface area is 161 Å². The number of nitrogens with zero attached hydrogens (tertiary/aromatic N) is 3. The highest BCUT2D eigenvalue weighted by Crippen LogP contribution is 2.23. The molecule has 6 heteroatoms. The fraction of sp³-hybridized carbons (Fsp3) is 0.476. The van der Waals surface area contributed by atoms with E-state index < -0.39 is 0 Å². The van der Waals surface area contributed by atoms with Crippen LogP contribution >= 0.6 is 0 Å². The van der Waals surface area contributed by atoms with Crippen LogP contribution in [0, 0.1) is 6.92 Å². The number of hydrogen-bond acceptors (Lipinski definition) is 4. The molecule has 1 heterocycles. The lowest BCUT2D eigenvalue weighted by Crippen LogP contribution is -2.38. The molecule has 0 radical (unpaired) electrons. The van der Waals surface area contributed by atoms with Crippen LogP contribution in [0.4, 0.5) is 4.79 Å². The van der Waals surface area contributed by atoms with Gasteiger partial charge in [0, 0.05) is 18.4 Å². The number of amides is 2. The summed E-state index contributed by atoms with van der Waals surface area (Å²) in [6.45, 7) is 4.38. The van der Waals surface area contributed by atoms with Gasteiger partial charge in [0.1, 0.15) is 11.6 Å². The standard InChI is InChI=1S/C21H28N4O2/c1-14-18-7-5-6-8-19(18)24-20(23-14)13-22-21(26)25(3)15(2)16-9-11-17(27-4)12-10-16/h9-12,15H,5-8,13H2,1-4H3,(H,22,26)/t15-/m0/s1. The van der Waals surface area contributed by atoms with Gasteiger partial charge in [-0.05, 0) is 62.8 Å². The summed E-state index contributed by atoms with van der Waals surface area (Å²) >= 11 is 0. The largest absolute Gasteiger partial charge is 0.497 e. The topological polar surface area (TPSA) is 67.3 Å². The predicted octanol–water partition coefficient (Wildman–Crippen LogP) is 3.58. The van der Waals surface area contributed by atoms with E-state index in [1.165, 1.54) is 18.4 Å². The van der Waals surface area contributed by atoms with Gasteiger partial charge in [0.05, 0.1) is 19.7 Å². The van der Waals surface area contributed by atoms with Crippen molar-refractivity contribution in [3.05, 3.63) is 52.6 Å². The maximum Gasteiger partial charge on any atom is 0.318 e. The molecule has 0 aliphatic heterocycles. The molecular formula is C21H28N4O2. The smallest absolute Gasteiger partial charge is 0.318 e. The molecule has 3 rings (SSSR count). The summed E-state index contributed by atoms with van der Waals surface area (Å²) in [5.41, 5.74) is 4.54. The third-order valence-electron chi connectivity index (χ3n) is 5.33. The number of benzene rings is 1. The number of aromatic nitrogens is 2. The van der Waals surface area contributed by atoms with Gasteiger partial charge in [0.2, 0.25) is 0 Å². The van der Waals surface area contributed by atoms with Gasteiger partial charge in [-0.3, -0.25) is 0 Å². The van der Waals surface area contributed by atoms with Crippen LogP contribution in [0.2, 0.25) is 0 Å². The summed E-state index contributed by atoms with van der Waals surface area (Å²) in [7, 11) is 3.44. The summed E-state index contributed by atoms with van der Waals surface area (Å²) in [5.74, 6) is 1.49. The van der Waals surface area contributed by atoms with Crippen molar-refractivity contribution in [2.24, 2.45) is 0 Å². The molecule has 0 saturated carbocycles. The lowest BCUT2D eigenvalue weighted by atomic mass is 9.95. The second kappa shape index (κ2) is 8.37. The van der Waals surface area contributed by atoms with Gasteiger partial charge in [-0.25, -0.2) is 14.8 Å². The van der Waals surface area contributed by atoms with Crippen molar-refractivity contribution in [1.29, 1.82) is 0 Å². The highest BCUT2D eigenvalue weighted by atomic mass is 16.5. The molecule has 0 spiro atoms. The lowest BCUT2D eigenvalue weighted by Gasteiger charge is -2.26. The molecular weight excluding hydrogens is 340 g/mol. The van der Waals surface area contributed by atoms with E-state index in [0.29, 0.717) is 12.4 Å². The number of carbonyl (C=O) groups is 1.